The quantitative estimate of drug-likeness (QED) is 0.467. The number of imidazole rings is 1. The van der Waals surface area contributed by atoms with Crippen molar-refractivity contribution in [2.24, 2.45) is 4.99 Å². The second kappa shape index (κ2) is 10.7. The molecule has 3 aliphatic heterocycles. The number of carbonyl (C=O) groups is 1. The van der Waals surface area contributed by atoms with Gasteiger partial charge in [0.2, 0.25) is 0 Å². The van der Waals surface area contributed by atoms with Gasteiger partial charge in [-0.05, 0) is 74.3 Å². The first kappa shape index (κ1) is 24.2. The Morgan fingerprint density at radius 3 is 2.46 bits per heavy atom. The van der Waals surface area contributed by atoms with E-state index in [9.17, 15) is 4.79 Å². The van der Waals surface area contributed by atoms with Crippen LogP contribution in [0.1, 0.15) is 38.3 Å². The average molecular weight is 516 g/mol. The normalized spacial score (nSPS) is 20.3. The second-order valence-electron chi connectivity index (χ2n) is 9.91. The number of fused-ring (bicyclic) bond motifs is 1. The molecule has 9 heteroatoms. The molecule has 3 aliphatic rings. The monoisotopic (exact) mass is 515 g/mol. The molecule has 6 rings (SSSR count). The van der Waals surface area contributed by atoms with Gasteiger partial charge in [-0.15, -0.1) is 0 Å². The summed E-state index contributed by atoms with van der Waals surface area (Å²) in [5.41, 5.74) is 4.77. The lowest BCUT2D eigenvalue weighted by atomic mass is 10.1. The Labute approximate surface area is 222 Å². The standard InChI is InChI=1S/C28H33N7OS/c1-2-12-32-15-17-33(18-16-32)23-9-6-21(7-10-23)24-20-29-26-11-8-22(31-35(24)26)19-25-27(36)30-28(37-25)34-13-4-3-5-14-34/h6-11,19-20H,2-5,12-18H2,1H3. The van der Waals surface area contributed by atoms with E-state index in [1.807, 2.05) is 28.9 Å². The fourth-order valence-corrected chi connectivity index (χ4v) is 6.25. The zero-order valence-electron chi connectivity index (χ0n) is 21.3. The van der Waals surface area contributed by atoms with Crippen LogP contribution in [-0.4, -0.2) is 81.3 Å². The molecule has 0 spiro atoms. The Bertz CT molecular complexity index is 1330. The molecule has 1 aromatic carbocycles. The van der Waals surface area contributed by atoms with Gasteiger partial charge in [0.25, 0.3) is 5.91 Å². The van der Waals surface area contributed by atoms with Crippen LogP contribution in [0.3, 0.4) is 0 Å². The molecule has 2 saturated heterocycles. The van der Waals surface area contributed by atoms with Gasteiger partial charge < -0.3 is 9.80 Å². The number of anilines is 1. The predicted octanol–water partition coefficient (Wildman–Crippen LogP) is 4.38. The SMILES string of the molecule is CCCN1CCN(c2ccc(-c3cnc4ccc(C=C5SC(N6CCCCC6)=NC5=O)nn34)cc2)CC1. The fraction of sp³-hybridized carbons (Fsp3) is 0.429. The number of hydrogen-bond acceptors (Lipinski definition) is 7. The van der Waals surface area contributed by atoms with Gasteiger partial charge in [-0.1, -0.05) is 19.1 Å². The van der Waals surface area contributed by atoms with Crippen LogP contribution < -0.4 is 4.90 Å². The summed E-state index contributed by atoms with van der Waals surface area (Å²) in [5.74, 6) is -0.176. The molecule has 192 valence electrons. The van der Waals surface area contributed by atoms with E-state index < -0.39 is 0 Å². The number of hydrogen-bond donors (Lipinski definition) is 0. The van der Waals surface area contributed by atoms with Crippen molar-refractivity contribution in [2.45, 2.75) is 32.6 Å². The van der Waals surface area contributed by atoms with E-state index in [2.05, 4.69) is 55.9 Å². The first-order valence-corrected chi connectivity index (χ1v) is 14.2. The van der Waals surface area contributed by atoms with E-state index in [4.69, 9.17) is 5.10 Å². The van der Waals surface area contributed by atoms with E-state index in [0.717, 1.165) is 79.9 Å². The number of aromatic nitrogens is 3. The maximum atomic E-state index is 12.6. The molecule has 8 nitrogen and oxygen atoms in total. The Kier molecular flexibility index (Phi) is 6.97. The highest BCUT2D eigenvalue weighted by Gasteiger charge is 2.27. The van der Waals surface area contributed by atoms with Gasteiger partial charge >= 0.3 is 0 Å². The summed E-state index contributed by atoms with van der Waals surface area (Å²) in [6.07, 6.45) is 8.49. The van der Waals surface area contributed by atoms with E-state index in [0.29, 0.717) is 4.91 Å². The second-order valence-corrected chi connectivity index (χ2v) is 10.9. The molecule has 0 saturated carbocycles. The number of rotatable bonds is 5. The third kappa shape index (κ3) is 5.15. The minimum atomic E-state index is -0.176. The minimum Gasteiger partial charge on any atom is -0.369 e. The number of thioether (sulfide) groups is 1. The molecule has 0 atom stereocenters. The average Bonchev–Trinajstić information content (AvgIpc) is 3.53. The Morgan fingerprint density at radius 2 is 1.70 bits per heavy atom. The molecule has 0 unspecified atom stereocenters. The van der Waals surface area contributed by atoms with Crippen LogP contribution >= 0.6 is 11.8 Å². The first-order valence-electron chi connectivity index (χ1n) is 13.4. The molecule has 0 radical (unpaired) electrons. The minimum absolute atomic E-state index is 0.176. The number of likely N-dealkylation sites (tertiary alicyclic amines) is 1. The lowest BCUT2D eigenvalue weighted by Crippen LogP contribution is -2.46. The molecule has 0 bridgehead atoms. The van der Waals surface area contributed by atoms with Crippen LogP contribution in [0.5, 0.6) is 0 Å². The van der Waals surface area contributed by atoms with Crippen LogP contribution in [0.2, 0.25) is 0 Å². The molecule has 1 amide bonds. The summed E-state index contributed by atoms with van der Waals surface area (Å²) in [4.78, 5) is 29.3. The third-order valence-corrected chi connectivity index (χ3v) is 8.38. The first-order chi connectivity index (χ1) is 18.2. The highest BCUT2D eigenvalue weighted by Crippen LogP contribution is 2.31. The summed E-state index contributed by atoms with van der Waals surface area (Å²) in [5, 5.41) is 5.64. The smallest absolute Gasteiger partial charge is 0.286 e. The van der Waals surface area contributed by atoms with Crippen LogP contribution in [0.15, 0.2) is 52.5 Å². The predicted molar refractivity (Wildman–Crippen MR) is 151 cm³/mol. The Balaban J connectivity index is 1.19. The topological polar surface area (TPSA) is 69.3 Å². The molecule has 0 aliphatic carbocycles. The summed E-state index contributed by atoms with van der Waals surface area (Å²) in [6.45, 7) is 9.75. The van der Waals surface area contributed by atoms with Crippen molar-refractivity contribution < 1.29 is 4.79 Å². The number of carbonyl (C=O) groups excluding carboxylic acids is 1. The summed E-state index contributed by atoms with van der Waals surface area (Å²) < 4.78 is 1.86. The highest BCUT2D eigenvalue weighted by atomic mass is 32.2. The van der Waals surface area contributed by atoms with Gasteiger partial charge in [-0.25, -0.2) is 9.50 Å². The van der Waals surface area contributed by atoms with E-state index in [1.54, 1.807) is 0 Å². The Morgan fingerprint density at radius 1 is 0.919 bits per heavy atom. The summed E-state index contributed by atoms with van der Waals surface area (Å²) in [6, 6.07) is 12.6. The maximum absolute atomic E-state index is 12.6. The van der Waals surface area contributed by atoms with Gasteiger partial charge in [0.1, 0.15) is 0 Å². The van der Waals surface area contributed by atoms with E-state index in [1.165, 1.54) is 36.8 Å². The third-order valence-electron chi connectivity index (χ3n) is 7.34. The molecular formula is C28H33N7OS. The highest BCUT2D eigenvalue weighted by molar-refractivity contribution is 8.18. The number of piperazine rings is 1. The van der Waals surface area contributed by atoms with Gasteiger partial charge in [-0.3, -0.25) is 9.69 Å². The number of piperidine rings is 1. The van der Waals surface area contributed by atoms with E-state index in [-0.39, 0.29) is 5.91 Å². The number of amidine groups is 1. The van der Waals surface area contributed by atoms with Crippen molar-refractivity contribution in [1.29, 1.82) is 0 Å². The fourth-order valence-electron chi connectivity index (χ4n) is 5.30. The van der Waals surface area contributed by atoms with Gasteiger partial charge in [0, 0.05) is 50.5 Å². The molecule has 0 N–H and O–H groups in total. The van der Waals surface area contributed by atoms with E-state index >= 15 is 0 Å². The molecule has 5 heterocycles. The lowest BCUT2D eigenvalue weighted by molar-refractivity contribution is -0.113. The molecule has 2 aromatic heterocycles. The van der Waals surface area contributed by atoms with Crippen molar-refractivity contribution in [3.05, 3.63) is 53.2 Å². The largest absolute Gasteiger partial charge is 0.369 e. The molecule has 2 fully saturated rings. The van der Waals surface area contributed by atoms with Crippen molar-refractivity contribution in [3.63, 3.8) is 0 Å². The van der Waals surface area contributed by atoms with Gasteiger partial charge in [0.05, 0.1) is 22.5 Å². The van der Waals surface area contributed by atoms with Crippen molar-refractivity contribution in [3.8, 4) is 11.3 Å². The molecule has 37 heavy (non-hydrogen) atoms. The zero-order valence-corrected chi connectivity index (χ0v) is 22.2. The molecule has 3 aromatic rings. The summed E-state index contributed by atoms with van der Waals surface area (Å²) >= 11 is 1.46. The van der Waals surface area contributed by atoms with Crippen molar-refractivity contribution >= 4 is 40.2 Å². The Hall–Kier alpha value is -3.17. The van der Waals surface area contributed by atoms with Crippen LogP contribution in [0.4, 0.5) is 5.69 Å². The zero-order chi connectivity index (χ0) is 25.2. The van der Waals surface area contributed by atoms with Crippen molar-refractivity contribution in [2.75, 3.05) is 50.7 Å². The number of amides is 1. The summed E-state index contributed by atoms with van der Waals surface area (Å²) in [7, 11) is 0. The van der Waals surface area contributed by atoms with Crippen LogP contribution in [0.25, 0.3) is 23.0 Å². The van der Waals surface area contributed by atoms with Gasteiger partial charge in [0.15, 0.2) is 10.8 Å². The number of benzene rings is 1. The number of nitrogens with zero attached hydrogens (tertiary/aromatic N) is 7. The lowest BCUT2D eigenvalue weighted by Gasteiger charge is -2.36. The maximum Gasteiger partial charge on any atom is 0.286 e. The van der Waals surface area contributed by atoms with Gasteiger partial charge in [-0.2, -0.15) is 10.1 Å². The molecular weight excluding hydrogens is 482 g/mol. The number of aliphatic imine (C=N–C) groups is 1. The van der Waals surface area contributed by atoms with Crippen LogP contribution in [-0.2, 0) is 4.79 Å². The van der Waals surface area contributed by atoms with Crippen molar-refractivity contribution in [1.82, 2.24) is 24.4 Å². The van der Waals surface area contributed by atoms with Crippen LogP contribution in [0, 0.1) is 0 Å².